The van der Waals surface area contributed by atoms with Gasteiger partial charge >= 0.3 is 5.97 Å². The summed E-state index contributed by atoms with van der Waals surface area (Å²) >= 11 is 0. The number of carbonyl (C=O) groups is 3. The largest absolute Gasteiger partial charge is 0.491 e. The molecule has 0 fully saturated rings. The highest BCUT2D eigenvalue weighted by molar-refractivity contribution is 6.00. The summed E-state index contributed by atoms with van der Waals surface area (Å²) in [5.74, 6) is -0.946. The van der Waals surface area contributed by atoms with Crippen LogP contribution in [0.25, 0.3) is 0 Å². The molecule has 1 heterocycles. The molecule has 0 unspecified atom stereocenters. The van der Waals surface area contributed by atoms with E-state index in [1.807, 2.05) is 0 Å². The molecule has 0 aromatic heterocycles. The number of hydrogen-bond donors (Lipinski definition) is 2. The Morgan fingerprint density at radius 1 is 1.32 bits per heavy atom. The highest BCUT2D eigenvalue weighted by atomic mass is 16.5. The van der Waals surface area contributed by atoms with Gasteiger partial charge in [0.1, 0.15) is 5.75 Å². The number of carbonyl (C=O) groups excluding carboxylic acids is 2. The number of nitrogens with one attached hydrogen (secondary N) is 1. The van der Waals surface area contributed by atoms with Crippen molar-refractivity contribution in [3.05, 3.63) is 23.8 Å². The summed E-state index contributed by atoms with van der Waals surface area (Å²) in [6, 6.07) is 4.69. The number of carboxylic acid groups (broad SMARTS) is 1. The van der Waals surface area contributed by atoms with Crippen LogP contribution in [-0.2, 0) is 9.59 Å². The number of carboxylic acids is 1. The quantitative estimate of drug-likeness (QED) is 0.802. The molecule has 0 bridgehead atoms. The van der Waals surface area contributed by atoms with Crippen molar-refractivity contribution in [2.75, 3.05) is 11.9 Å². The van der Waals surface area contributed by atoms with Crippen LogP contribution in [-0.4, -0.2) is 29.4 Å². The van der Waals surface area contributed by atoms with Crippen LogP contribution >= 0.6 is 0 Å². The van der Waals surface area contributed by atoms with Crippen LogP contribution < -0.4 is 10.1 Å². The molecule has 6 nitrogen and oxygen atoms in total. The van der Waals surface area contributed by atoms with Crippen molar-refractivity contribution in [1.82, 2.24) is 0 Å². The van der Waals surface area contributed by atoms with Gasteiger partial charge in [-0.2, -0.15) is 0 Å². The first-order chi connectivity index (χ1) is 9.06. The molecule has 1 aliphatic heterocycles. The summed E-state index contributed by atoms with van der Waals surface area (Å²) in [6.45, 7) is 0.297. The minimum absolute atomic E-state index is 0.0665. The van der Waals surface area contributed by atoms with E-state index in [0.717, 1.165) is 0 Å². The standard InChI is InChI=1S/C13H13NO5/c15-10(2-4-13(17)18)8-1-3-11-9(7-8)14-12(16)5-6-19-11/h1,3,7H,2,4-6H2,(H,14,16)(H,17,18). The second-order valence-electron chi connectivity index (χ2n) is 4.17. The fraction of sp³-hybridized carbons (Fsp3) is 0.308. The maximum Gasteiger partial charge on any atom is 0.303 e. The second kappa shape index (κ2) is 5.51. The number of hydrogen-bond acceptors (Lipinski definition) is 4. The lowest BCUT2D eigenvalue weighted by molar-refractivity contribution is -0.137. The van der Waals surface area contributed by atoms with Crippen molar-refractivity contribution in [2.24, 2.45) is 0 Å². The number of ketones is 1. The molecule has 2 rings (SSSR count). The summed E-state index contributed by atoms with van der Waals surface area (Å²) in [5, 5.41) is 11.2. The number of Topliss-reactive ketones (excluding diaryl/α,β-unsaturated/α-hetero) is 1. The number of fused-ring (bicyclic) bond motifs is 1. The predicted molar refractivity (Wildman–Crippen MR) is 66.4 cm³/mol. The number of ether oxygens (including phenoxy) is 1. The van der Waals surface area contributed by atoms with E-state index in [9.17, 15) is 14.4 Å². The van der Waals surface area contributed by atoms with Crippen LogP contribution in [0.5, 0.6) is 5.75 Å². The number of amides is 1. The molecule has 1 aromatic carbocycles. The molecule has 0 atom stereocenters. The normalized spacial score (nSPS) is 13.8. The zero-order valence-corrected chi connectivity index (χ0v) is 10.1. The Labute approximate surface area is 109 Å². The minimum Gasteiger partial charge on any atom is -0.491 e. The Bertz CT molecular complexity index is 538. The highest BCUT2D eigenvalue weighted by Gasteiger charge is 2.16. The first-order valence-electron chi connectivity index (χ1n) is 5.88. The zero-order chi connectivity index (χ0) is 13.8. The molecular formula is C13H13NO5. The summed E-state index contributed by atoms with van der Waals surface area (Å²) in [4.78, 5) is 33.6. The van der Waals surface area contributed by atoms with Gasteiger partial charge in [0.15, 0.2) is 5.78 Å². The molecule has 6 heteroatoms. The zero-order valence-electron chi connectivity index (χ0n) is 10.1. The Kier molecular flexibility index (Phi) is 3.79. The van der Waals surface area contributed by atoms with Crippen molar-refractivity contribution >= 4 is 23.3 Å². The summed E-state index contributed by atoms with van der Waals surface area (Å²) in [7, 11) is 0. The van der Waals surface area contributed by atoms with Crippen molar-refractivity contribution in [1.29, 1.82) is 0 Å². The van der Waals surface area contributed by atoms with Gasteiger partial charge in [-0.15, -0.1) is 0 Å². The third-order valence-electron chi connectivity index (χ3n) is 2.73. The van der Waals surface area contributed by atoms with E-state index < -0.39 is 5.97 Å². The van der Waals surface area contributed by atoms with Gasteiger partial charge in [0.25, 0.3) is 0 Å². The monoisotopic (exact) mass is 263 g/mol. The first-order valence-corrected chi connectivity index (χ1v) is 5.88. The van der Waals surface area contributed by atoms with Crippen LogP contribution in [0.4, 0.5) is 5.69 Å². The lowest BCUT2D eigenvalue weighted by Gasteiger charge is -2.08. The van der Waals surface area contributed by atoms with Gasteiger partial charge in [0.2, 0.25) is 5.91 Å². The Morgan fingerprint density at radius 3 is 2.84 bits per heavy atom. The average molecular weight is 263 g/mol. The SMILES string of the molecule is O=C(O)CCC(=O)c1ccc2c(c1)NC(=O)CCO2. The summed E-state index contributed by atoms with van der Waals surface area (Å²) < 4.78 is 5.36. The first kappa shape index (κ1) is 13.1. The lowest BCUT2D eigenvalue weighted by atomic mass is 10.1. The molecule has 0 spiro atoms. The van der Waals surface area contributed by atoms with E-state index >= 15 is 0 Å². The summed E-state index contributed by atoms with van der Waals surface area (Å²) in [6.07, 6.45) is -0.0152. The van der Waals surface area contributed by atoms with Crippen LogP contribution in [0.3, 0.4) is 0 Å². The molecule has 0 aliphatic carbocycles. The van der Waals surface area contributed by atoms with Crippen molar-refractivity contribution < 1.29 is 24.2 Å². The predicted octanol–water partition coefficient (Wildman–Crippen LogP) is 1.46. The molecule has 1 amide bonds. The van der Waals surface area contributed by atoms with Crippen molar-refractivity contribution in [3.8, 4) is 5.75 Å². The fourth-order valence-corrected chi connectivity index (χ4v) is 1.76. The van der Waals surface area contributed by atoms with Crippen molar-refractivity contribution in [2.45, 2.75) is 19.3 Å². The van der Waals surface area contributed by atoms with Gasteiger partial charge in [-0.25, -0.2) is 0 Å². The minimum atomic E-state index is -1.01. The maximum absolute atomic E-state index is 11.8. The Hall–Kier alpha value is -2.37. The third-order valence-corrected chi connectivity index (χ3v) is 2.73. The van der Waals surface area contributed by atoms with E-state index in [2.05, 4.69) is 5.32 Å². The van der Waals surface area contributed by atoms with Gasteiger partial charge in [-0.1, -0.05) is 0 Å². The molecule has 0 saturated heterocycles. The number of benzene rings is 1. The number of anilines is 1. The van der Waals surface area contributed by atoms with E-state index in [0.29, 0.717) is 23.6 Å². The average Bonchev–Trinajstić information content (AvgIpc) is 2.55. The molecule has 1 aromatic rings. The summed E-state index contributed by atoms with van der Waals surface area (Å²) in [5.41, 5.74) is 0.814. The van der Waals surface area contributed by atoms with E-state index in [4.69, 9.17) is 9.84 Å². The molecule has 0 radical (unpaired) electrons. The lowest BCUT2D eigenvalue weighted by Crippen LogP contribution is -2.11. The number of rotatable bonds is 4. The van der Waals surface area contributed by atoms with E-state index in [1.54, 1.807) is 12.1 Å². The molecule has 19 heavy (non-hydrogen) atoms. The third kappa shape index (κ3) is 3.31. The molecule has 0 saturated carbocycles. The van der Waals surface area contributed by atoms with Gasteiger partial charge in [-0.05, 0) is 18.2 Å². The van der Waals surface area contributed by atoms with E-state index in [1.165, 1.54) is 6.07 Å². The van der Waals surface area contributed by atoms with E-state index in [-0.39, 0.29) is 31.0 Å². The van der Waals surface area contributed by atoms with Gasteiger partial charge in [0.05, 0.1) is 25.1 Å². The maximum atomic E-state index is 11.8. The van der Waals surface area contributed by atoms with Gasteiger partial charge < -0.3 is 15.2 Å². The van der Waals surface area contributed by atoms with Crippen LogP contribution in [0.2, 0.25) is 0 Å². The molecule has 100 valence electrons. The topological polar surface area (TPSA) is 92.7 Å². The van der Waals surface area contributed by atoms with Gasteiger partial charge in [-0.3, -0.25) is 14.4 Å². The van der Waals surface area contributed by atoms with Crippen LogP contribution in [0, 0.1) is 0 Å². The van der Waals surface area contributed by atoms with Crippen LogP contribution in [0.1, 0.15) is 29.6 Å². The van der Waals surface area contributed by atoms with Gasteiger partial charge in [0, 0.05) is 12.0 Å². The Balaban J connectivity index is 2.17. The molecule has 2 N–H and O–H groups in total. The number of aliphatic carboxylic acids is 1. The Morgan fingerprint density at radius 2 is 2.11 bits per heavy atom. The molecule has 1 aliphatic rings. The fourth-order valence-electron chi connectivity index (χ4n) is 1.76. The second-order valence-corrected chi connectivity index (χ2v) is 4.17. The molecular weight excluding hydrogens is 250 g/mol. The van der Waals surface area contributed by atoms with Crippen molar-refractivity contribution in [3.63, 3.8) is 0 Å². The highest BCUT2D eigenvalue weighted by Crippen LogP contribution is 2.28. The smallest absolute Gasteiger partial charge is 0.303 e. The van der Waals surface area contributed by atoms with Crippen LogP contribution in [0.15, 0.2) is 18.2 Å².